The minimum absolute atomic E-state index is 0.184. The molecule has 96 valence electrons. The summed E-state index contributed by atoms with van der Waals surface area (Å²) in [5, 5.41) is 5.84. The number of anilines is 1. The van der Waals surface area contributed by atoms with E-state index in [0.29, 0.717) is 6.04 Å². The summed E-state index contributed by atoms with van der Waals surface area (Å²) in [6.45, 7) is 11.0. The van der Waals surface area contributed by atoms with Crippen molar-refractivity contribution in [3.05, 3.63) is 36.0 Å². The lowest BCUT2D eigenvalue weighted by Gasteiger charge is -2.20. The summed E-state index contributed by atoms with van der Waals surface area (Å²) in [5.41, 5.74) is 1.54. The van der Waals surface area contributed by atoms with Gasteiger partial charge in [-0.1, -0.05) is 39.0 Å². The van der Waals surface area contributed by atoms with E-state index in [1.165, 1.54) is 16.3 Å². The zero-order chi connectivity index (χ0) is 13.3. The van der Waals surface area contributed by atoms with E-state index in [1.807, 2.05) is 6.20 Å². The lowest BCUT2D eigenvalue weighted by atomic mass is 9.86. The van der Waals surface area contributed by atoms with Crippen LogP contribution in [0.25, 0.3) is 10.8 Å². The van der Waals surface area contributed by atoms with Crippen LogP contribution in [0.15, 0.2) is 30.5 Å². The Morgan fingerprint density at radius 3 is 2.44 bits per heavy atom. The molecule has 1 heterocycles. The molecule has 0 saturated heterocycles. The van der Waals surface area contributed by atoms with Crippen molar-refractivity contribution in [1.29, 1.82) is 0 Å². The number of benzene rings is 1. The van der Waals surface area contributed by atoms with Gasteiger partial charge in [-0.25, -0.2) is 4.98 Å². The van der Waals surface area contributed by atoms with Gasteiger partial charge in [-0.15, -0.1) is 0 Å². The predicted molar refractivity (Wildman–Crippen MR) is 79.2 cm³/mol. The first-order valence-corrected chi connectivity index (χ1v) is 6.54. The van der Waals surface area contributed by atoms with Crippen molar-refractivity contribution in [2.75, 3.05) is 5.32 Å². The summed E-state index contributed by atoms with van der Waals surface area (Å²) in [4.78, 5) is 4.43. The van der Waals surface area contributed by atoms with Crippen LogP contribution in [0.5, 0.6) is 0 Å². The maximum Gasteiger partial charge on any atom is 0.134 e. The Bertz CT molecular complexity index is 551. The predicted octanol–water partition coefficient (Wildman–Crippen LogP) is 4.35. The lowest BCUT2D eigenvalue weighted by molar-refractivity contribution is 0.591. The maximum absolute atomic E-state index is 4.43. The molecule has 0 aliphatic rings. The Kier molecular flexibility index (Phi) is 3.29. The van der Waals surface area contributed by atoms with Crippen molar-refractivity contribution in [2.24, 2.45) is 0 Å². The number of hydrogen-bond acceptors (Lipinski definition) is 2. The fourth-order valence-electron chi connectivity index (χ4n) is 2.03. The zero-order valence-corrected chi connectivity index (χ0v) is 11.9. The molecule has 1 aromatic carbocycles. The number of hydrogen-bond donors (Lipinski definition) is 1. The highest BCUT2D eigenvalue weighted by Crippen LogP contribution is 2.28. The molecular weight excluding hydrogens is 220 g/mol. The van der Waals surface area contributed by atoms with Gasteiger partial charge in [0.15, 0.2) is 0 Å². The summed E-state index contributed by atoms with van der Waals surface area (Å²) in [5.74, 6) is 0.975. The molecule has 18 heavy (non-hydrogen) atoms. The second kappa shape index (κ2) is 4.60. The van der Waals surface area contributed by atoms with Gasteiger partial charge >= 0.3 is 0 Å². The molecule has 2 nitrogen and oxygen atoms in total. The molecule has 2 aromatic rings. The topological polar surface area (TPSA) is 24.9 Å². The number of rotatable bonds is 2. The van der Waals surface area contributed by atoms with Gasteiger partial charge in [0.2, 0.25) is 0 Å². The molecule has 2 rings (SSSR count). The van der Waals surface area contributed by atoms with E-state index in [1.54, 1.807) is 0 Å². The maximum atomic E-state index is 4.43. The van der Waals surface area contributed by atoms with Crippen molar-refractivity contribution in [2.45, 2.75) is 46.1 Å². The standard InChI is InChI=1S/C16H22N2/c1-11(2)18-15-14-7-6-13(16(3,4)5)10-12(14)8-9-17-15/h6-11H,1-5H3,(H,17,18). The molecule has 0 aliphatic heterocycles. The summed E-state index contributed by atoms with van der Waals surface area (Å²) in [7, 11) is 0. The van der Waals surface area contributed by atoms with Crippen LogP contribution in [0, 0.1) is 0 Å². The molecule has 0 radical (unpaired) electrons. The largest absolute Gasteiger partial charge is 0.367 e. The number of nitrogens with one attached hydrogen (secondary N) is 1. The Balaban J connectivity index is 2.53. The molecule has 0 atom stereocenters. The lowest BCUT2D eigenvalue weighted by Crippen LogP contribution is -2.12. The van der Waals surface area contributed by atoms with Crippen LogP contribution in [-0.2, 0) is 5.41 Å². The second-order valence-corrected chi connectivity index (χ2v) is 6.14. The average Bonchev–Trinajstić information content (AvgIpc) is 2.27. The second-order valence-electron chi connectivity index (χ2n) is 6.14. The van der Waals surface area contributed by atoms with Gasteiger partial charge in [-0.2, -0.15) is 0 Å². The van der Waals surface area contributed by atoms with Crippen molar-refractivity contribution < 1.29 is 0 Å². The number of pyridine rings is 1. The van der Waals surface area contributed by atoms with Crippen LogP contribution < -0.4 is 5.32 Å². The van der Waals surface area contributed by atoms with Crippen LogP contribution in [0.4, 0.5) is 5.82 Å². The average molecular weight is 242 g/mol. The van der Waals surface area contributed by atoms with Crippen molar-refractivity contribution in [3.63, 3.8) is 0 Å². The van der Waals surface area contributed by atoms with Crippen LogP contribution in [0.3, 0.4) is 0 Å². The number of aromatic nitrogens is 1. The monoisotopic (exact) mass is 242 g/mol. The molecule has 0 aliphatic carbocycles. The SMILES string of the molecule is CC(C)Nc1nccc2cc(C(C)(C)C)ccc12. The van der Waals surface area contributed by atoms with Crippen molar-refractivity contribution in [3.8, 4) is 0 Å². The van der Waals surface area contributed by atoms with Crippen LogP contribution in [0.1, 0.15) is 40.2 Å². The molecule has 2 heteroatoms. The summed E-state index contributed by atoms with van der Waals surface area (Å²) in [6, 6.07) is 9.12. The molecule has 0 unspecified atom stereocenters. The Hall–Kier alpha value is -1.57. The number of nitrogens with zero attached hydrogens (tertiary/aromatic N) is 1. The van der Waals surface area contributed by atoms with Gasteiger partial charge in [0.05, 0.1) is 0 Å². The van der Waals surface area contributed by atoms with Crippen LogP contribution >= 0.6 is 0 Å². The highest BCUT2D eigenvalue weighted by molar-refractivity contribution is 5.92. The Morgan fingerprint density at radius 2 is 1.83 bits per heavy atom. The molecule has 0 spiro atoms. The minimum atomic E-state index is 0.184. The normalized spacial score (nSPS) is 12.1. The molecule has 0 amide bonds. The fraction of sp³-hybridized carbons (Fsp3) is 0.438. The van der Waals surface area contributed by atoms with E-state index in [0.717, 1.165) is 5.82 Å². The van der Waals surface area contributed by atoms with Gasteiger partial charge < -0.3 is 5.32 Å². The molecule has 0 fully saturated rings. The van der Waals surface area contributed by atoms with E-state index in [4.69, 9.17) is 0 Å². The van der Waals surface area contributed by atoms with E-state index >= 15 is 0 Å². The van der Waals surface area contributed by atoms with Gasteiger partial charge in [0.25, 0.3) is 0 Å². The van der Waals surface area contributed by atoms with Crippen LogP contribution in [-0.4, -0.2) is 11.0 Å². The van der Waals surface area contributed by atoms with Gasteiger partial charge in [-0.05, 0) is 36.3 Å². The fourth-order valence-corrected chi connectivity index (χ4v) is 2.03. The van der Waals surface area contributed by atoms with Crippen molar-refractivity contribution in [1.82, 2.24) is 4.98 Å². The molecule has 0 bridgehead atoms. The first kappa shape index (κ1) is 12.9. The smallest absolute Gasteiger partial charge is 0.134 e. The summed E-state index contributed by atoms with van der Waals surface area (Å²) in [6.07, 6.45) is 1.87. The number of fused-ring (bicyclic) bond motifs is 1. The van der Waals surface area contributed by atoms with E-state index in [2.05, 4.69) is 69.2 Å². The summed E-state index contributed by atoms with van der Waals surface area (Å²) >= 11 is 0. The van der Waals surface area contributed by atoms with E-state index in [-0.39, 0.29) is 5.41 Å². The molecule has 1 aromatic heterocycles. The minimum Gasteiger partial charge on any atom is -0.367 e. The summed E-state index contributed by atoms with van der Waals surface area (Å²) < 4.78 is 0. The first-order chi connectivity index (χ1) is 8.38. The first-order valence-electron chi connectivity index (χ1n) is 6.54. The quantitative estimate of drug-likeness (QED) is 0.846. The molecule has 0 saturated carbocycles. The van der Waals surface area contributed by atoms with Gasteiger partial charge in [0.1, 0.15) is 5.82 Å². The van der Waals surface area contributed by atoms with Gasteiger partial charge in [-0.3, -0.25) is 0 Å². The highest BCUT2D eigenvalue weighted by atomic mass is 15.0. The Morgan fingerprint density at radius 1 is 1.11 bits per heavy atom. The van der Waals surface area contributed by atoms with Crippen molar-refractivity contribution >= 4 is 16.6 Å². The third kappa shape index (κ3) is 2.63. The molecular formula is C16H22N2. The van der Waals surface area contributed by atoms with E-state index in [9.17, 15) is 0 Å². The highest BCUT2D eigenvalue weighted by Gasteiger charge is 2.14. The van der Waals surface area contributed by atoms with Gasteiger partial charge in [0, 0.05) is 17.6 Å². The third-order valence-corrected chi connectivity index (χ3v) is 3.06. The zero-order valence-electron chi connectivity index (χ0n) is 11.9. The molecule has 1 N–H and O–H groups in total. The Labute approximate surface area is 109 Å². The van der Waals surface area contributed by atoms with Crippen LogP contribution in [0.2, 0.25) is 0 Å². The van der Waals surface area contributed by atoms with E-state index < -0.39 is 0 Å². The third-order valence-electron chi connectivity index (χ3n) is 3.06.